The molecule has 30 heavy (non-hydrogen) atoms. The van der Waals surface area contributed by atoms with Gasteiger partial charge in [0.15, 0.2) is 0 Å². The summed E-state index contributed by atoms with van der Waals surface area (Å²) in [5.74, 6) is 0. The summed E-state index contributed by atoms with van der Waals surface area (Å²) in [6, 6.07) is 15.0. The Morgan fingerprint density at radius 2 is 1.30 bits per heavy atom. The molecule has 154 valence electrons. The van der Waals surface area contributed by atoms with E-state index in [9.17, 15) is 10.1 Å². The number of hydrogen-bond acceptors (Lipinski definition) is 5. The summed E-state index contributed by atoms with van der Waals surface area (Å²) in [6.45, 7) is 7.58. The minimum absolute atomic E-state index is 0.123. The SMILES string of the molecule is Cc1cc(-c2ccc(C)c(N)c2)n[nH]1.Cc1cc(-c2ccc(C)c([N+](=O)[O-])c2)n[nH]1. The first-order valence-electron chi connectivity index (χ1n) is 9.40. The van der Waals surface area contributed by atoms with E-state index in [0.717, 1.165) is 45.2 Å². The van der Waals surface area contributed by atoms with Crippen molar-refractivity contribution in [2.75, 3.05) is 5.73 Å². The van der Waals surface area contributed by atoms with Crippen LogP contribution >= 0.6 is 0 Å². The van der Waals surface area contributed by atoms with Gasteiger partial charge in [-0.2, -0.15) is 10.2 Å². The highest BCUT2D eigenvalue weighted by atomic mass is 16.6. The number of H-pyrrole nitrogens is 2. The second-order valence-corrected chi connectivity index (χ2v) is 7.20. The van der Waals surface area contributed by atoms with E-state index < -0.39 is 0 Å². The van der Waals surface area contributed by atoms with Crippen molar-refractivity contribution in [3.63, 3.8) is 0 Å². The summed E-state index contributed by atoms with van der Waals surface area (Å²) in [7, 11) is 0. The van der Waals surface area contributed by atoms with Crippen molar-refractivity contribution in [2.24, 2.45) is 0 Å². The Bertz CT molecular complexity index is 1190. The van der Waals surface area contributed by atoms with E-state index in [2.05, 4.69) is 20.4 Å². The van der Waals surface area contributed by atoms with Gasteiger partial charge in [0.25, 0.3) is 5.69 Å². The number of nitro groups is 1. The van der Waals surface area contributed by atoms with Gasteiger partial charge in [0.2, 0.25) is 0 Å². The Morgan fingerprint density at radius 1 is 0.800 bits per heavy atom. The molecule has 2 aromatic carbocycles. The molecule has 0 saturated carbocycles. The lowest BCUT2D eigenvalue weighted by Crippen LogP contribution is -1.92. The number of nitro benzene ring substituents is 1. The van der Waals surface area contributed by atoms with Gasteiger partial charge in [0.1, 0.15) is 0 Å². The zero-order valence-corrected chi connectivity index (χ0v) is 17.4. The van der Waals surface area contributed by atoms with Crippen LogP contribution in [0, 0.1) is 37.8 Å². The Hall–Kier alpha value is -3.94. The summed E-state index contributed by atoms with van der Waals surface area (Å²) in [5, 5.41) is 24.8. The van der Waals surface area contributed by atoms with Crippen molar-refractivity contribution < 1.29 is 4.92 Å². The molecule has 0 atom stereocenters. The average molecular weight is 404 g/mol. The van der Waals surface area contributed by atoms with Crippen LogP contribution in [-0.2, 0) is 0 Å². The van der Waals surface area contributed by atoms with Crippen molar-refractivity contribution >= 4 is 11.4 Å². The normalized spacial score (nSPS) is 10.4. The molecule has 0 aliphatic rings. The Morgan fingerprint density at radius 3 is 1.73 bits per heavy atom. The summed E-state index contributed by atoms with van der Waals surface area (Å²) >= 11 is 0. The molecule has 0 amide bonds. The molecule has 0 bridgehead atoms. The first kappa shape index (κ1) is 20.8. The van der Waals surface area contributed by atoms with Gasteiger partial charge in [-0.1, -0.05) is 24.3 Å². The maximum Gasteiger partial charge on any atom is 0.272 e. The molecule has 4 aromatic rings. The molecule has 4 rings (SSSR count). The van der Waals surface area contributed by atoms with Crippen molar-refractivity contribution in [3.8, 4) is 22.5 Å². The number of nitrogens with one attached hydrogen (secondary N) is 2. The van der Waals surface area contributed by atoms with Gasteiger partial charge in [-0.05, 0) is 51.5 Å². The second kappa shape index (κ2) is 8.60. The number of aryl methyl sites for hydroxylation is 4. The van der Waals surface area contributed by atoms with E-state index in [1.807, 2.05) is 57.2 Å². The Kier molecular flexibility index (Phi) is 5.96. The number of nitrogens with two attached hydrogens (primary N) is 1. The van der Waals surface area contributed by atoms with E-state index in [1.165, 1.54) is 0 Å². The number of anilines is 1. The van der Waals surface area contributed by atoms with Crippen molar-refractivity contribution in [3.05, 3.63) is 81.2 Å². The minimum Gasteiger partial charge on any atom is -0.398 e. The van der Waals surface area contributed by atoms with Crippen molar-refractivity contribution in [2.45, 2.75) is 27.7 Å². The molecule has 0 saturated heterocycles. The average Bonchev–Trinajstić information content (AvgIpc) is 3.33. The van der Waals surface area contributed by atoms with Crippen LogP contribution in [0.2, 0.25) is 0 Å². The van der Waals surface area contributed by atoms with Crippen LogP contribution in [0.15, 0.2) is 48.5 Å². The molecule has 0 unspecified atom stereocenters. The molecule has 0 spiro atoms. The largest absolute Gasteiger partial charge is 0.398 e. The molecule has 0 fully saturated rings. The van der Waals surface area contributed by atoms with E-state index in [-0.39, 0.29) is 10.6 Å². The van der Waals surface area contributed by atoms with E-state index in [0.29, 0.717) is 5.56 Å². The maximum atomic E-state index is 10.8. The summed E-state index contributed by atoms with van der Waals surface area (Å²) < 4.78 is 0. The van der Waals surface area contributed by atoms with Crippen molar-refractivity contribution in [1.82, 2.24) is 20.4 Å². The third kappa shape index (κ3) is 4.72. The number of aromatic nitrogens is 4. The minimum atomic E-state index is -0.377. The van der Waals surface area contributed by atoms with Crippen LogP contribution in [0.25, 0.3) is 22.5 Å². The lowest BCUT2D eigenvalue weighted by atomic mass is 10.1. The number of nitrogen functional groups attached to an aromatic ring is 1. The third-order valence-electron chi connectivity index (χ3n) is 4.69. The molecular formula is C22H24N6O2. The van der Waals surface area contributed by atoms with Crippen LogP contribution in [0.4, 0.5) is 11.4 Å². The van der Waals surface area contributed by atoms with Gasteiger partial charge < -0.3 is 5.73 Å². The van der Waals surface area contributed by atoms with E-state index in [4.69, 9.17) is 5.73 Å². The fraction of sp³-hybridized carbons (Fsp3) is 0.182. The van der Waals surface area contributed by atoms with Gasteiger partial charge >= 0.3 is 0 Å². The molecule has 0 aliphatic carbocycles. The third-order valence-corrected chi connectivity index (χ3v) is 4.69. The summed E-state index contributed by atoms with van der Waals surface area (Å²) in [6.07, 6.45) is 0. The number of hydrogen-bond donors (Lipinski definition) is 3. The molecule has 0 radical (unpaired) electrons. The molecular weight excluding hydrogens is 380 g/mol. The summed E-state index contributed by atoms with van der Waals surface area (Å²) in [5.41, 5.74) is 14.0. The molecule has 2 heterocycles. The lowest BCUT2D eigenvalue weighted by molar-refractivity contribution is -0.385. The van der Waals surface area contributed by atoms with Crippen LogP contribution < -0.4 is 5.73 Å². The van der Waals surface area contributed by atoms with Gasteiger partial charge in [0, 0.05) is 39.8 Å². The smallest absolute Gasteiger partial charge is 0.272 e. The van der Waals surface area contributed by atoms with E-state index in [1.54, 1.807) is 19.1 Å². The fourth-order valence-electron chi connectivity index (χ4n) is 2.90. The number of rotatable bonds is 3. The molecule has 8 nitrogen and oxygen atoms in total. The van der Waals surface area contributed by atoms with Crippen LogP contribution in [0.5, 0.6) is 0 Å². The van der Waals surface area contributed by atoms with Gasteiger partial charge in [0.05, 0.1) is 16.3 Å². The van der Waals surface area contributed by atoms with Crippen LogP contribution in [0.3, 0.4) is 0 Å². The Balaban J connectivity index is 0.000000172. The van der Waals surface area contributed by atoms with Crippen LogP contribution in [0.1, 0.15) is 22.5 Å². The first-order valence-corrected chi connectivity index (χ1v) is 9.40. The molecule has 8 heteroatoms. The van der Waals surface area contributed by atoms with Gasteiger partial charge in [-0.15, -0.1) is 0 Å². The standard InChI is InChI=1S/C11H11N3O2.C11H13N3/c1-7-3-4-9(6-11(7)14(15)16)10-5-8(2)12-13-10;1-7-3-4-9(6-10(7)12)11-5-8(2)13-14-11/h3-6H,1-2H3,(H,12,13);3-6H,12H2,1-2H3,(H,13,14). The van der Waals surface area contributed by atoms with E-state index >= 15 is 0 Å². The highest BCUT2D eigenvalue weighted by Crippen LogP contribution is 2.26. The highest BCUT2D eigenvalue weighted by Gasteiger charge is 2.12. The maximum absolute atomic E-state index is 10.8. The fourth-order valence-corrected chi connectivity index (χ4v) is 2.90. The lowest BCUT2D eigenvalue weighted by Gasteiger charge is -2.01. The topological polar surface area (TPSA) is 127 Å². The number of benzene rings is 2. The van der Waals surface area contributed by atoms with Gasteiger partial charge in [-0.3, -0.25) is 20.3 Å². The highest BCUT2D eigenvalue weighted by molar-refractivity contribution is 5.66. The number of aromatic amines is 2. The van der Waals surface area contributed by atoms with Crippen LogP contribution in [-0.4, -0.2) is 25.3 Å². The zero-order chi connectivity index (χ0) is 21.8. The zero-order valence-electron chi connectivity index (χ0n) is 17.4. The molecule has 4 N–H and O–H groups in total. The predicted molar refractivity (Wildman–Crippen MR) is 118 cm³/mol. The second-order valence-electron chi connectivity index (χ2n) is 7.20. The first-order chi connectivity index (χ1) is 14.2. The Labute approximate surface area is 174 Å². The number of nitrogens with zero attached hydrogens (tertiary/aromatic N) is 3. The monoisotopic (exact) mass is 404 g/mol. The predicted octanol–water partition coefficient (Wildman–Crippen LogP) is 4.88. The van der Waals surface area contributed by atoms with Gasteiger partial charge in [-0.25, -0.2) is 0 Å². The molecule has 2 aromatic heterocycles. The van der Waals surface area contributed by atoms with Crippen molar-refractivity contribution in [1.29, 1.82) is 0 Å². The summed E-state index contributed by atoms with van der Waals surface area (Å²) in [4.78, 5) is 10.4. The quantitative estimate of drug-likeness (QED) is 0.255. The molecule has 0 aliphatic heterocycles.